The molecule has 7 heteroatoms. The van der Waals surface area contributed by atoms with Crippen LogP contribution in [0, 0.1) is 0 Å². The molecule has 3 N–H and O–H groups in total. The Labute approximate surface area is 114 Å². The normalized spacial score (nSPS) is 10.4. The molecule has 1 amide bonds. The SMILES string of the molecule is NCC(=O)NCCc1nc(-c2cccc(Cl)c2)no1. The molecule has 2 aromatic rings. The second-order valence-corrected chi connectivity index (χ2v) is 4.26. The molecule has 0 bridgehead atoms. The summed E-state index contributed by atoms with van der Waals surface area (Å²) in [4.78, 5) is 15.2. The van der Waals surface area contributed by atoms with Crippen LogP contribution in [0.2, 0.25) is 5.02 Å². The third-order valence-corrected chi connectivity index (χ3v) is 2.63. The lowest BCUT2D eigenvalue weighted by molar-refractivity contribution is -0.119. The van der Waals surface area contributed by atoms with Crippen LogP contribution >= 0.6 is 11.6 Å². The van der Waals surface area contributed by atoms with Crippen LogP contribution in [0.5, 0.6) is 0 Å². The third kappa shape index (κ3) is 3.77. The second kappa shape index (κ2) is 6.31. The van der Waals surface area contributed by atoms with Gasteiger partial charge in [-0.3, -0.25) is 4.79 Å². The average Bonchev–Trinajstić information content (AvgIpc) is 2.87. The summed E-state index contributed by atoms with van der Waals surface area (Å²) in [5.74, 6) is 0.713. The van der Waals surface area contributed by atoms with Gasteiger partial charge in [-0.15, -0.1) is 0 Å². The number of nitrogens with one attached hydrogen (secondary N) is 1. The molecule has 0 fully saturated rings. The number of carbonyl (C=O) groups excluding carboxylic acids is 1. The lowest BCUT2D eigenvalue weighted by Crippen LogP contribution is -2.31. The van der Waals surface area contributed by atoms with Crippen molar-refractivity contribution < 1.29 is 9.32 Å². The maximum Gasteiger partial charge on any atom is 0.233 e. The van der Waals surface area contributed by atoms with Gasteiger partial charge >= 0.3 is 0 Å². The molecule has 1 heterocycles. The van der Waals surface area contributed by atoms with Gasteiger partial charge < -0.3 is 15.6 Å². The van der Waals surface area contributed by atoms with E-state index in [1.807, 2.05) is 12.1 Å². The van der Waals surface area contributed by atoms with Crippen LogP contribution in [-0.4, -0.2) is 29.1 Å². The van der Waals surface area contributed by atoms with Crippen molar-refractivity contribution in [3.63, 3.8) is 0 Å². The van der Waals surface area contributed by atoms with E-state index in [0.717, 1.165) is 5.56 Å². The number of benzene rings is 1. The number of hydrogen-bond donors (Lipinski definition) is 2. The van der Waals surface area contributed by atoms with Gasteiger partial charge in [0.05, 0.1) is 6.54 Å². The van der Waals surface area contributed by atoms with Gasteiger partial charge in [0.25, 0.3) is 0 Å². The Balaban J connectivity index is 1.97. The molecule has 0 aliphatic carbocycles. The van der Waals surface area contributed by atoms with Crippen molar-refractivity contribution >= 4 is 17.5 Å². The molecule has 0 unspecified atom stereocenters. The summed E-state index contributed by atoms with van der Waals surface area (Å²) in [5, 5.41) is 7.10. The zero-order valence-corrected chi connectivity index (χ0v) is 10.9. The van der Waals surface area contributed by atoms with Crippen molar-refractivity contribution in [1.82, 2.24) is 15.5 Å². The summed E-state index contributed by atoms with van der Waals surface area (Å²) >= 11 is 5.89. The maximum atomic E-state index is 10.9. The topological polar surface area (TPSA) is 94.0 Å². The van der Waals surface area contributed by atoms with E-state index in [4.69, 9.17) is 21.9 Å². The van der Waals surface area contributed by atoms with Gasteiger partial charge in [0.1, 0.15) is 0 Å². The molecule has 0 aliphatic heterocycles. The highest BCUT2D eigenvalue weighted by molar-refractivity contribution is 6.30. The monoisotopic (exact) mass is 280 g/mol. The Hall–Kier alpha value is -1.92. The minimum Gasteiger partial charge on any atom is -0.354 e. The molecule has 0 aliphatic rings. The molecule has 0 saturated carbocycles. The Morgan fingerprint density at radius 1 is 1.47 bits per heavy atom. The smallest absolute Gasteiger partial charge is 0.233 e. The molecule has 0 atom stereocenters. The number of carbonyl (C=O) groups is 1. The minimum absolute atomic E-state index is 0.0302. The molecule has 6 nitrogen and oxygen atoms in total. The zero-order valence-electron chi connectivity index (χ0n) is 10.1. The van der Waals surface area contributed by atoms with Gasteiger partial charge in [0.2, 0.25) is 17.6 Å². The fraction of sp³-hybridized carbons (Fsp3) is 0.250. The van der Waals surface area contributed by atoms with Crippen LogP contribution in [-0.2, 0) is 11.2 Å². The van der Waals surface area contributed by atoms with Gasteiger partial charge in [-0.25, -0.2) is 0 Å². The third-order valence-electron chi connectivity index (χ3n) is 2.40. The van der Waals surface area contributed by atoms with E-state index in [1.165, 1.54) is 0 Å². The lowest BCUT2D eigenvalue weighted by Gasteiger charge is -1.99. The highest BCUT2D eigenvalue weighted by Gasteiger charge is 2.09. The van der Waals surface area contributed by atoms with E-state index in [0.29, 0.717) is 29.7 Å². The van der Waals surface area contributed by atoms with E-state index in [-0.39, 0.29) is 12.5 Å². The number of rotatable bonds is 5. The minimum atomic E-state index is -0.213. The van der Waals surface area contributed by atoms with Gasteiger partial charge in [-0.05, 0) is 12.1 Å². The lowest BCUT2D eigenvalue weighted by atomic mass is 10.2. The highest BCUT2D eigenvalue weighted by Crippen LogP contribution is 2.19. The van der Waals surface area contributed by atoms with Crippen molar-refractivity contribution in [3.05, 3.63) is 35.2 Å². The maximum absolute atomic E-state index is 10.9. The molecule has 2 rings (SSSR count). The first-order valence-corrected chi connectivity index (χ1v) is 6.12. The van der Waals surface area contributed by atoms with Gasteiger partial charge in [-0.2, -0.15) is 4.98 Å². The van der Waals surface area contributed by atoms with Crippen LogP contribution in [0.25, 0.3) is 11.4 Å². The fourth-order valence-electron chi connectivity index (χ4n) is 1.48. The molecular formula is C12H13ClN4O2. The van der Waals surface area contributed by atoms with E-state index in [9.17, 15) is 4.79 Å². The number of nitrogens with two attached hydrogens (primary N) is 1. The largest absolute Gasteiger partial charge is 0.354 e. The molecule has 0 spiro atoms. The molecule has 1 aromatic heterocycles. The molecule has 19 heavy (non-hydrogen) atoms. The Bertz CT molecular complexity index is 570. The van der Waals surface area contributed by atoms with Gasteiger partial charge in [0.15, 0.2) is 0 Å². The van der Waals surface area contributed by atoms with Crippen molar-refractivity contribution in [3.8, 4) is 11.4 Å². The van der Waals surface area contributed by atoms with Gasteiger partial charge in [-0.1, -0.05) is 28.9 Å². The van der Waals surface area contributed by atoms with Crippen LogP contribution < -0.4 is 11.1 Å². The average molecular weight is 281 g/mol. The Morgan fingerprint density at radius 2 is 2.32 bits per heavy atom. The predicted molar refractivity (Wildman–Crippen MR) is 70.5 cm³/mol. The Morgan fingerprint density at radius 3 is 3.05 bits per heavy atom. The fourth-order valence-corrected chi connectivity index (χ4v) is 1.67. The van der Waals surface area contributed by atoms with Crippen molar-refractivity contribution in [2.45, 2.75) is 6.42 Å². The van der Waals surface area contributed by atoms with E-state index < -0.39 is 0 Å². The van der Waals surface area contributed by atoms with Crippen molar-refractivity contribution in [2.24, 2.45) is 5.73 Å². The highest BCUT2D eigenvalue weighted by atomic mass is 35.5. The van der Waals surface area contributed by atoms with Crippen LogP contribution in [0.1, 0.15) is 5.89 Å². The standard InChI is InChI=1S/C12H13ClN4O2/c13-9-3-1-2-8(6-9)12-16-11(19-17-12)4-5-15-10(18)7-14/h1-3,6H,4-5,7,14H2,(H,15,18). The van der Waals surface area contributed by atoms with Gasteiger partial charge in [0, 0.05) is 23.6 Å². The van der Waals surface area contributed by atoms with Crippen LogP contribution in [0.4, 0.5) is 0 Å². The van der Waals surface area contributed by atoms with Crippen LogP contribution in [0.3, 0.4) is 0 Å². The first-order chi connectivity index (χ1) is 9.19. The molecule has 100 valence electrons. The summed E-state index contributed by atoms with van der Waals surface area (Å²) in [6, 6.07) is 7.19. The van der Waals surface area contributed by atoms with Crippen molar-refractivity contribution in [2.75, 3.05) is 13.1 Å². The first-order valence-electron chi connectivity index (χ1n) is 5.74. The molecule has 1 aromatic carbocycles. The molecule has 0 saturated heterocycles. The zero-order chi connectivity index (χ0) is 13.7. The van der Waals surface area contributed by atoms with Crippen LogP contribution in [0.15, 0.2) is 28.8 Å². The number of aromatic nitrogens is 2. The summed E-state index contributed by atoms with van der Waals surface area (Å²) in [7, 11) is 0. The summed E-state index contributed by atoms with van der Waals surface area (Å²) in [5.41, 5.74) is 5.96. The number of halogens is 1. The summed E-state index contributed by atoms with van der Waals surface area (Å²) in [6.45, 7) is 0.380. The molecular weight excluding hydrogens is 268 g/mol. The first kappa shape index (κ1) is 13.5. The summed E-state index contributed by atoms with van der Waals surface area (Å²) < 4.78 is 5.09. The quantitative estimate of drug-likeness (QED) is 0.852. The number of hydrogen-bond acceptors (Lipinski definition) is 5. The number of amides is 1. The van der Waals surface area contributed by atoms with E-state index in [2.05, 4.69) is 15.5 Å². The molecule has 0 radical (unpaired) electrons. The van der Waals surface area contributed by atoms with Crippen molar-refractivity contribution in [1.29, 1.82) is 0 Å². The Kier molecular flexibility index (Phi) is 4.48. The van der Waals surface area contributed by atoms with E-state index >= 15 is 0 Å². The van der Waals surface area contributed by atoms with E-state index in [1.54, 1.807) is 12.1 Å². The predicted octanol–water partition coefficient (Wildman–Crippen LogP) is 1.01. The number of nitrogens with zero attached hydrogens (tertiary/aromatic N) is 2. The second-order valence-electron chi connectivity index (χ2n) is 3.83. The summed E-state index contributed by atoms with van der Waals surface area (Å²) in [6.07, 6.45) is 0.458.